The Morgan fingerprint density at radius 2 is 2.03 bits per heavy atom. The van der Waals surface area contributed by atoms with E-state index in [-0.39, 0.29) is 11.8 Å². The number of hydrogen-bond donors (Lipinski definition) is 1. The fourth-order valence-corrected chi connectivity index (χ4v) is 4.40. The number of pyridine rings is 1. The van der Waals surface area contributed by atoms with Gasteiger partial charge in [-0.15, -0.1) is 0 Å². The standard InChI is InChI=1S/C22H30N6O/c1-3-27(4-2)22(29)17-6-5-13-28(15-17)21-18-9-12-24-14-19(18)25-20(26-21)16-7-10-23-11-8-16/h7-8,10-11,17,24H,3-6,9,12-15H2,1-2H3/t17-/m0/s1. The van der Waals surface area contributed by atoms with Crippen molar-refractivity contribution in [2.45, 2.75) is 39.7 Å². The number of fused-ring (bicyclic) bond motifs is 1. The smallest absolute Gasteiger partial charge is 0.227 e. The number of piperidine rings is 1. The Labute approximate surface area is 172 Å². The van der Waals surface area contributed by atoms with Crippen molar-refractivity contribution in [1.29, 1.82) is 0 Å². The summed E-state index contributed by atoms with van der Waals surface area (Å²) in [4.78, 5) is 31.2. The molecule has 4 rings (SSSR count). The van der Waals surface area contributed by atoms with E-state index in [0.717, 1.165) is 81.4 Å². The van der Waals surface area contributed by atoms with Crippen LogP contribution in [0.2, 0.25) is 0 Å². The molecule has 2 aromatic heterocycles. The van der Waals surface area contributed by atoms with Gasteiger partial charge >= 0.3 is 0 Å². The van der Waals surface area contributed by atoms with Crippen molar-refractivity contribution in [1.82, 2.24) is 25.2 Å². The van der Waals surface area contributed by atoms with E-state index in [4.69, 9.17) is 9.97 Å². The molecule has 0 unspecified atom stereocenters. The van der Waals surface area contributed by atoms with Crippen LogP contribution in [0.4, 0.5) is 5.82 Å². The molecule has 1 N–H and O–H groups in total. The van der Waals surface area contributed by atoms with Gasteiger partial charge in [0.15, 0.2) is 5.82 Å². The molecular formula is C22H30N6O. The van der Waals surface area contributed by atoms with E-state index in [1.165, 1.54) is 5.56 Å². The number of anilines is 1. The van der Waals surface area contributed by atoms with E-state index in [2.05, 4.69) is 29.0 Å². The second-order valence-electron chi connectivity index (χ2n) is 7.75. The quantitative estimate of drug-likeness (QED) is 0.839. The molecule has 0 spiro atoms. The monoisotopic (exact) mass is 394 g/mol. The lowest BCUT2D eigenvalue weighted by molar-refractivity contribution is -0.135. The third kappa shape index (κ3) is 4.10. The highest BCUT2D eigenvalue weighted by atomic mass is 16.2. The summed E-state index contributed by atoms with van der Waals surface area (Å²) in [7, 11) is 0. The molecule has 2 aliphatic heterocycles. The molecule has 1 amide bonds. The molecule has 29 heavy (non-hydrogen) atoms. The van der Waals surface area contributed by atoms with Gasteiger partial charge in [0.2, 0.25) is 5.91 Å². The van der Waals surface area contributed by atoms with Crippen LogP contribution < -0.4 is 10.2 Å². The van der Waals surface area contributed by atoms with Crippen LogP contribution in [0.3, 0.4) is 0 Å². The highest BCUT2D eigenvalue weighted by Crippen LogP contribution is 2.31. The lowest BCUT2D eigenvalue weighted by atomic mass is 9.95. The summed E-state index contributed by atoms with van der Waals surface area (Å²) in [5.74, 6) is 2.07. The van der Waals surface area contributed by atoms with Crippen LogP contribution in [0, 0.1) is 5.92 Å². The molecule has 1 fully saturated rings. The zero-order chi connectivity index (χ0) is 20.2. The van der Waals surface area contributed by atoms with Crippen molar-refractivity contribution >= 4 is 11.7 Å². The van der Waals surface area contributed by atoms with Crippen molar-refractivity contribution in [3.8, 4) is 11.4 Å². The van der Waals surface area contributed by atoms with Gasteiger partial charge in [-0.05, 0) is 51.8 Å². The molecule has 7 heteroatoms. The van der Waals surface area contributed by atoms with Crippen LogP contribution in [0.15, 0.2) is 24.5 Å². The molecular weight excluding hydrogens is 364 g/mol. The maximum atomic E-state index is 13.0. The van der Waals surface area contributed by atoms with E-state index >= 15 is 0 Å². The predicted octanol–water partition coefficient (Wildman–Crippen LogP) is 2.27. The third-order valence-corrected chi connectivity index (χ3v) is 6.00. The normalized spacial score (nSPS) is 19.0. The highest BCUT2D eigenvalue weighted by Gasteiger charge is 2.31. The maximum Gasteiger partial charge on any atom is 0.227 e. The summed E-state index contributed by atoms with van der Waals surface area (Å²) in [6, 6.07) is 3.90. The minimum absolute atomic E-state index is 0.0420. The summed E-state index contributed by atoms with van der Waals surface area (Å²) < 4.78 is 0. The van der Waals surface area contributed by atoms with E-state index in [0.29, 0.717) is 0 Å². The Morgan fingerprint density at radius 3 is 2.79 bits per heavy atom. The van der Waals surface area contributed by atoms with Gasteiger partial charge in [-0.2, -0.15) is 0 Å². The molecule has 0 aromatic carbocycles. The first-order valence-electron chi connectivity index (χ1n) is 10.8. The maximum absolute atomic E-state index is 13.0. The Hall–Kier alpha value is -2.54. The van der Waals surface area contributed by atoms with Crippen molar-refractivity contribution in [3.63, 3.8) is 0 Å². The molecule has 7 nitrogen and oxygen atoms in total. The fourth-order valence-electron chi connectivity index (χ4n) is 4.40. The van der Waals surface area contributed by atoms with Crippen molar-refractivity contribution < 1.29 is 4.79 Å². The van der Waals surface area contributed by atoms with Gasteiger partial charge in [-0.3, -0.25) is 9.78 Å². The van der Waals surface area contributed by atoms with Gasteiger partial charge in [0.1, 0.15) is 5.82 Å². The summed E-state index contributed by atoms with van der Waals surface area (Å²) in [5, 5.41) is 3.42. The second kappa shape index (κ2) is 8.86. The number of nitrogens with zero attached hydrogens (tertiary/aromatic N) is 5. The average Bonchev–Trinajstić information content (AvgIpc) is 2.79. The van der Waals surface area contributed by atoms with Gasteiger partial charge in [0, 0.05) is 56.2 Å². The topological polar surface area (TPSA) is 74.2 Å². The van der Waals surface area contributed by atoms with Crippen LogP contribution in [0.25, 0.3) is 11.4 Å². The van der Waals surface area contributed by atoms with E-state index in [1.807, 2.05) is 17.0 Å². The Balaban J connectivity index is 1.67. The lowest BCUT2D eigenvalue weighted by Gasteiger charge is -2.37. The van der Waals surface area contributed by atoms with Crippen LogP contribution in [-0.4, -0.2) is 58.5 Å². The average molecular weight is 395 g/mol. The van der Waals surface area contributed by atoms with Crippen LogP contribution in [0.1, 0.15) is 37.9 Å². The molecule has 4 heterocycles. The summed E-state index contributed by atoms with van der Waals surface area (Å²) >= 11 is 0. The molecule has 1 atom stereocenters. The van der Waals surface area contributed by atoms with Crippen molar-refractivity contribution in [2.24, 2.45) is 5.92 Å². The lowest BCUT2D eigenvalue weighted by Crippen LogP contribution is -2.45. The number of amides is 1. The molecule has 0 aliphatic carbocycles. The largest absolute Gasteiger partial charge is 0.355 e. The molecule has 1 saturated heterocycles. The second-order valence-corrected chi connectivity index (χ2v) is 7.75. The van der Waals surface area contributed by atoms with E-state index in [1.54, 1.807) is 12.4 Å². The summed E-state index contributed by atoms with van der Waals surface area (Å²) in [6.07, 6.45) is 6.44. The minimum Gasteiger partial charge on any atom is -0.355 e. The highest BCUT2D eigenvalue weighted by molar-refractivity contribution is 5.80. The zero-order valence-corrected chi connectivity index (χ0v) is 17.4. The van der Waals surface area contributed by atoms with Crippen molar-refractivity contribution in [3.05, 3.63) is 35.8 Å². The zero-order valence-electron chi connectivity index (χ0n) is 17.4. The van der Waals surface area contributed by atoms with Gasteiger partial charge in [-0.1, -0.05) is 0 Å². The fraction of sp³-hybridized carbons (Fsp3) is 0.545. The molecule has 0 bridgehead atoms. The van der Waals surface area contributed by atoms with Crippen molar-refractivity contribution in [2.75, 3.05) is 37.6 Å². The van der Waals surface area contributed by atoms with Gasteiger partial charge in [-0.25, -0.2) is 9.97 Å². The molecule has 2 aliphatic rings. The predicted molar refractivity (Wildman–Crippen MR) is 114 cm³/mol. The van der Waals surface area contributed by atoms with Crippen LogP contribution in [0.5, 0.6) is 0 Å². The Bertz CT molecular complexity index is 852. The van der Waals surface area contributed by atoms with Gasteiger partial charge in [0.05, 0.1) is 11.6 Å². The summed E-state index contributed by atoms with van der Waals surface area (Å²) in [6.45, 7) is 9.02. The number of carbonyl (C=O) groups excluding carboxylic acids is 1. The number of rotatable bonds is 5. The van der Waals surface area contributed by atoms with E-state index in [9.17, 15) is 4.79 Å². The number of aromatic nitrogens is 3. The van der Waals surface area contributed by atoms with Gasteiger partial charge in [0.25, 0.3) is 0 Å². The first-order chi connectivity index (χ1) is 14.2. The Morgan fingerprint density at radius 1 is 1.24 bits per heavy atom. The SMILES string of the molecule is CCN(CC)C(=O)[C@H]1CCCN(c2nc(-c3ccncc3)nc3c2CCNC3)C1. The first kappa shape index (κ1) is 19.8. The number of hydrogen-bond acceptors (Lipinski definition) is 6. The Kier molecular flexibility index (Phi) is 6.04. The molecule has 0 saturated carbocycles. The van der Waals surface area contributed by atoms with Gasteiger partial charge < -0.3 is 15.1 Å². The summed E-state index contributed by atoms with van der Waals surface area (Å²) in [5.41, 5.74) is 3.28. The number of nitrogens with one attached hydrogen (secondary N) is 1. The molecule has 2 aromatic rings. The third-order valence-electron chi connectivity index (χ3n) is 6.00. The molecule has 0 radical (unpaired) electrons. The minimum atomic E-state index is 0.0420. The van der Waals surface area contributed by atoms with E-state index < -0.39 is 0 Å². The first-order valence-corrected chi connectivity index (χ1v) is 10.8. The number of carbonyl (C=O) groups is 1. The van der Waals surface area contributed by atoms with Crippen LogP contribution in [-0.2, 0) is 17.8 Å². The van der Waals surface area contributed by atoms with Crippen LogP contribution >= 0.6 is 0 Å². The molecule has 154 valence electrons.